The third-order valence-corrected chi connectivity index (χ3v) is 3.31. The average Bonchev–Trinajstić information content (AvgIpc) is 2.46. The first-order valence-electron chi connectivity index (χ1n) is 6.37. The number of nitrogens with one attached hydrogen (secondary N) is 1. The summed E-state index contributed by atoms with van der Waals surface area (Å²) in [6.07, 6.45) is 0. The van der Waals surface area contributed by atoms with Crippen molar-refractivity contribution in [3.63, 3.8) is 0 Å². The van der Waals surface area contributed by atoms with Gasteiger partial charge in [0.05, 0.1) is 29.6 Å². The summed E-state index contributed by atoms with van der Waals surface area (Å²) in [6, 6.07) is 15.2. The molecule has 0 saturated carbocycles. The molecule has 1 amide bonds. The molecule has 0 atom stereocenters. The second-order valence-electron chi connectivity index (χ2n) is 4.77. The van der Waals surface area contributed by atoms with Crippen LogP contribution in [0.4, 0.5) is 17.1 Å². The lowest BCUT2D eigenvalue weighted by Gasteiger charge is -2.30. The van der Waals surface area contributed by atoms with Crippen LogP contribution in [0.3, 0.4) is 0 Å². The molecule has 2 aromatic rings. The quantitative estimate of drug-likeness (QED) is 0.860. The predicted octanol–water partition coefficient (Wildman–Crippen LogP) is 2.96. The molecule has 0 spiro atoms. The van der Waals surface area contributed by atoms with E-state index in [-0.39, 0.29) is 12.5 Å². The van der Waals surface area contributed by atoms with Gasteiger partial charge in [0.1, 0.15) is 0 Å². The first-order valence-corrected chi connectivity index (χ1v) is 6.37. The van der Waals surface area contributed by atoms with Gasteiger partial charge in [-0.25, -0.2) is 0 Å². The van der Waals surface area contributed by atoms with E-state index in [2.05, 4.69) is 11.4 Å². The number of nitriles is 1. The van der Waals surface area contributed by atoms with Crippen LogP contribution >= 0.6 is 0 Å². The molecule has 2 aromatic carbocycles. The maximum Gasteiger partial charge on any atom is 0.250 e. The van der Waals surface area contributed by atoms with Crippen LogP contribution in [-0.2, 0) is 4.79 Å². The maximum atomic E-state index is 12.2. The zero-order valence-corrected chi connectivity index (χ0v) is 11.1. The fourth-order valence-electron chi connectivity index (χ4n) is 2.37. The van der Waals surface area contributed by atoms with Gasteiger partial charge in [0.2, 0.25) is 0 Å². The van der Waals surface area contributed by atoms with Gasteiger partial charge >= 0.3 is 0 Å². The highest BCUT2D eigenvalue weighted by molar-refractivity contribution is 6.08. The summed E-state index contributed by atoms with van der Waals surface area (Å²) < 4.78 is 0. The molecule has 20 heavy (non-hydrogen) atoms. The lowest BCUT2D eigenvalue weighted by atomic mass is 10.1. The number of hydrogen-bond donors (Lipinski definition) is 1. The number of rotatable bonds is 1. The Balaban J connectivity index is 2.17. The van der Waals surface area contributed by atoms with Crippen molar-refractivity contribution in [2.45, 2.75) is 6.92 Å². The van der Waals surface area contributed by atoms with Gasteiger partial charge in [0.15, 0.2) is 0 Å². The molecule has 1 aliphatic rings. The largest absolute Gasteiger partial charge is 0.374 e. The van der Waals surface area contributed by atoms with Crippen LogP contribution in [-0.4, -0.2) is 12.5 Å². The number of amides is 1. The summed E-state index contributed by atoms with van der Waals surface area (Å²) in [6.45, 7) is 2.25. The normalized spacial score (nSPS) is 13.4. The SMILES string of the molecule is Cc1cccc(N2C(=O)CNc3ccc(C#N)cc32)c1. The minimum Gasteiger partial charge on any atom is -0.374 e. The first-order chi connectivity index (χ1) is 9.69. The fourth-order valence-corrected chi connectivity index (χ4v) is 2.37. The van der Waals surface area contributed by atoms with Gasteiger partial charge in [-0.2, -0.15) is 5.26 Å². The minimum absolute atomic E-state index is 0.0295. The average molecular weight is 263 g/mol. The van der Waals surface area contributed by atoms with Crippen molar-refractivity contribution in [1.82, 2.24) is 0 Å². The number of benzene rings is 2. The molecule has 0 unspecified atom stereocenters. The highest BCUT2D eigenvalue weighted by Gasteiger charge is 2.25. The fraction of sp³-hybridized carbons (Fsp3) is 0.125. The molecule has 1 N–H and O–H groups in total. The van der Waals surface area contributed by atoms with Crippen LogP contribution < -0.4 is 10.2 Å². The number of anilines is 3. The van der Waals surface area contributed by atoms with Gasteiger partial charge in [0, 0.05) is 5.69 Å². The summed E-state index contributed by atoms with van der Waals surface area (Å²) in [5.74, 6) is -0.0295. The Morgan fingerprint density at radius 2 is 2.10 bits per heavy atom. The molecule has 1 aliphatic heterocycles. The van der Waals surface area contributed by atoms with Crippen LogP contribution in [0.1, 0.15) is 11.1 Å². The highest BCUT2D eigenvalue weighted by atomic mass is 16.2. The third kappa shape index (κ3) is 1.99. The van der Waals surface area contributed by atoms with Gasteiger partial charge in [-0.3, -0.25) is 9.69 Å². The Bertz CT molecular complexity index is 731. The minimum atomic E-state index is -0.0295. The Labute approximate surface area is 117 Å². The topological polar surface area (TPSA) is 56.1 Å². The van der Waals surface area contributed by atoms with E-state index in [1.807, 2.05) is 37.3 Å². The molecule has 0 bridgehead atoms. The van der Waals surface area contributed by atoms with E-state index in [1.54, 1.807) is 17.0 Å². The number of nitrogens with zero attached hydrogens (tertiary/aromatic N) is 2. The number of fused-ring (bicyclic) bond motifs is 1. The molecule has 0 aromatic heterocycles. The number of carbonyl (C=O) groups is 1. The molecule has 3 rings (SSSR count). The van der Waals surface area contributed by atoms with Gasteiger partial charge in [-0.15, -0.1) is 0 Å². The van der Waals surface area contributed by atoms with Crippen LogP contribution in [0.15, 0.2) is 42.5 Å². The van der Waals surface area contributed by atoms with Gasteiger partial charge < -0.3 is 5.32 Å². The second kappa shape index (κ2) is 4.71. The maximum absolute atomic E-state index is 12.2. The van der Waals surface area contributed by atoms with Crippen LogP contribution in [0.25, 0.3) is 0 Å². The molecule has 0 aliphatic carbocycles. The third-order valence-electron chi connectivity index (χ3n) is 3.31. The van der Waals surface area contributed by atoms with E-state index in [0.29, 0.717) is 5.56 Å². The van der Waals surface area contributed by atoms with Crippen molar-refractivity contribution in [2.75, 3.05) is 16.8 Å². The summed E-state index contributed by atoms with van der Waals surface area (Å²) in [7, 11) is 0. The second-order valence-corrected chi connectivity index (χ2v) is 4.77. The van der Waals surface area contributed by atoms with E-state index in [1.165, 1.54) is 0 Å². The lowest BCUT2D eigenvalue weighted by molar-refractivity contribution is -0.116. The van der Waals surface area contributed by atoms with E-state index >= 15 is 0 Å². The predicted molar refractivity (Wildman–Crippen MR) is 78.0 cm³/mol. The Hall–Kier alpha value is -2.80. The molecule has 0 radical (unpaired) electrons. The van der Waals surface area contributed by atoms with Crippen LogP contribution in [0, 0.1) is 18.3 Å². The van der Waals surface area contributed by atoms with Crippen molar-refractivity contribution in [1.29, 1.82) is 5.26 Å². The summed E-state index contributed by atoms with van der Waals surface area (Å²) in [4.78, 5) is 13.9. The highest BCUT2D eigenvalue weighted by Crippen LogP contribution is 2.36. The van der Waals surface area contributed by atoms with E-state index in [4.69, 9.17) is 5.26 Å². The Morgan fingerprint density at radius 1 is 1.25 bits per heavy atom. The number of aryl methyl sites for hydroxylation is 1. The number of hydrogen-bond acceptors (Lipinski definition) is 3. The summed E-state index contributed by atoms with van der Waals surface area (Å²) in [5, 5.41) is 12.1. The van der Waals surface area contributed by atoms with Crippen molar-refractivity contribution >= 4 is 23.0 Å². The zero-order chi connectivity index (χ0) is 14.1. The zero-order valence-electron chi connectivity index (χ0n) is 11.1. The molecule has 4 heteroatoms. The van der Waals surface area contributed by atoms with Crippen LogP contribution in [0.5, 0.6) is 0 Å². The Kier molecular flexibility index (Phi) is 2.88. The van der Waals surface area contributed by atoms with Crippen molar-refractivity contribution in [3.8, 4) is 6.07 Å². The molecular weight excluding hydrogens is 250 g/mol. The van der Waals surface area contributed by atoms with Crippen molar-refractivity contribution in [2.24, 2.45) is 0 Å². The monoisotopic (exact) mass is 263 g/mol. The molecule has 1 heterocycles. The van der Waals surface area contributed by atoms with E-state index < -0.39 is 0 Å². The smallest absolute Gasteiger partial charge is 0.250 e. The van der Waals surface area contributed by atoms with Gasteiger partial charge in [0.25, 0.3) is 5.91 Å². The molecule has 98 valence electrons. The molecule has 0 saturated heterocycles. The molecule has 0 fully saturated rings. The summed E-state index contributed by atoms with van der Waals surface area (Å²) in [5.41, 5.74) is 4.05. The van der Waals surface area contributed by atoms with Crippen LogP contribution in [0.2, 0.25) is 0 Å². The van der Waals surface area contributed by atoms with E-state index in [0.717, 1.165) is 22.6 Å². The van der Waals surface area contributed by atoms with Gasteiger partial charge in [-0.05, 0) is 42.8 Å². The molecular formula is C16H13N3O. The standard InChI is InChI=1S/C16H13N3O/c1-11-3-2-4-13(7-11)19-15-8-12(9-17)5-6-14(15)18-10-16(19)20/h2-8,18H,10H2,1H3. The molecule has 4 nitrogen and oxygen atoms in total. The van der Waals surface area contributed by atoms with Gasteiger partial charge in [-0.1, -0.05) is 12.1 Å². The van der Waals surface area contributed by atoms with Crippen molar-refractivity contribution < 1.29 is 4.79 Å². The summed E-state index contributed by atoms with van der Waals surface area (Å²) >= 11 is 0. The lowest BCUT2D eigenvalue weighted by Crippen LogP contribution is -2.36. The number of carbonyl (C=O) groups excluding carboxylic acids is 1. The van der Waals surface area contributed by atoms with Crippen molar-refractivity contribution in [3.05, 3.63) is 53.6 Å². The van der Waals surface area contributed by atoms with E-state index in [9.17, 15) is 4.79 Å². The first kappa shape index (κ1) is 12.2. The Morgan fingerprint density at radius 3 is 2.85 bits per heavy atom.